The SMILES string of the molecule is CCNC(=NCCCc1ccccc1Cl)NC1CCN(S(=O)(=O)CC)CC1. The molecule has 8 heteroatoms. The van der Waals surface area contributed by atoms with E-state index in [0.29, 0.717) is 19.6 Å². The summed E-state index contributed by atoms with van der Waals surface area (Å²) >= 11 is 6.19. The lowest BCUT2D eigenvalue weighted by atomic mass is 10.1. The summed E-state index contributed by atoms with van der Waals surface area (Å²) in [6, 6.07) is 8.15. The van der Waals surface area contributed by atoms with E-state index < -0.39 is 10.0 Å². The van der Waals surface area contributed by atoms with E-state index in [1.165, 1.54) is 0 Å². The molecule has 1 aliphatic rings. The Balaban J connectivity index is 1.81. The third kappa shape index (κ3) is 6.97. The highest BCUT2D eigenvalue weighted by Gasteiger charge is 2.26. The van der Waals surface area contributed by atoms with E-state index in [-0.39, 0.29) is 11.8 Å². The number of hydrogen-bond donors (Lipinski definition) is 2. The predicted molar refractivity (Wildman–Crippen MR) is 113 cm³/mol. The van der Waals surface area contributed by atoms with E-state index in [2.05, 4.69) is 15.6 Å². The average Bonchev–Trinajstić information content (AvgIpc) is 2.67. The van der Waals surface area contributed by atoms with Gasteiger partial charge in [-0.3, -0.25) is 4.99 Å². The molecular formula is C19H31ClN4O2S. The van der Waals surface area contributed by atoms with E-state index in [1.54, 1.807) is 11.2 Å². The van der Waals surface area contributed by atoms with Crippen LogP contribution >= 0.6 is 11.6 Å². The van der Waals surface area contributed by atoms with Crippen molar-refractivity contribution in [3.8, 4) is 0 Å². The van der Waals surface area contributed by atoms with E-state index >= 15 is 0 Å². The molecule has 0 unspecified atom stereocenters. The molecule has 0 aliphatic carbocycles. The van der Waals surface area contributed by atoms with E-state index in [4.69, 9.17) is 11.6 Å². The molecule has 0 atom stereocenters. The molecule has 0 bridgehead atoms. The van der Waals surface area contributed by atoms with Crippen LogP contribution in [0.2, 0.25) is 5.02 Å². The highest BCUT2D eigenvalue weighted by atomic mass is 35.5. The van der Waals surface area contributed by atoms with Crippen molar-refractivity contribution < 1.29 is 8.42 Å². The van der Waals surface area contributed by atoms with Crippen molar-refractivity contribution in [1.29, 1.82) is 0 Å². The highest BCUT2D eigenvalue weighted by molar-refractivity contribution is 7.89. The number of benzene rings is 1. The van der Waals surface area contributed by atoms with E-state index in [0.717, 1.165) is 48.8 Å². The van der Waals surface area contributed by atoms with Gasteiger partial charge in [0.05, 0.1) is 5.75 Å². The quantitative estimate of drug-likeness (QED) is 0.389. The molecule has 0 amide bonds. The van der Waals surface area contributed by atoms with Crippen molar-refractivity contribution >= 4 is 27.6 Å². The van der Waals surface area contributed by atoms with Gasteiger partial charge in [-0.2, -0.15) is 0 Å². The van der Waals surface area contributed by atoms with Gasteiger partial charge >= 0.3 is 0 Å². The summed E-state index contributed by atoms with van der Waals surface area (Å²) in [5, 5.41) is 7.53. The third-order valence-electron chi connectivity index (χ3n) is 4.73. The third-order valence-corrected chi connectivity index (χ3v) is 6.98. The fraction of sp³-hybridized carbons (Fsp3) is 0.632. The Kier molecular flexibility index (Phi) is 8.86. The highest BCUT2D eigenvalue weighted by Crippen LogP contribution is 2.17. The number of guanidine groups is 1. The lowest BCUT2D eigenvalue weighted by Gasteiger charge is -2.32. The van der Waals surface area contributed by atoms with E-state index in [1.807, 2.05) is 31.2 Å². The first-order chi connectivity index (χ1) is 13.0. The van der Waals surface area contributed by atoms with Crippen molar-refractivity contribution in [2.45, 2.75) is 45.6 Å². The number of nitrogens with zero attached hydrogens (tertiary/aromatic N) is 2. The Morgan fingerprint density at radius 3 is 2.59 bits per heavy atom. The van der Waals surface area contributed by atoms with Crippen LogP contribution in [0.1, 0.15) is 38.7 Å². The van der Waals surface area contributed by atoms with Crippen LogP contribution in [0.5, 0.6) is 0 Å². The molecule has 0 radical (unpaired) electrons. The number of rotatable bonds is 8. The Hall–Kier alpha value is -1.31. The number of aryl methyl sites for hydroxylation is 1. The van der Waals surface area contributed by atoms with Gasteiger partial charge in [-0.1, -0.05) is 29.8 Å². The summed E-state index contributed by atoms with van der Waals surface area (Å²) in [7, 11) is -3.08. The molecule has 1 aliphatic heterocycles. The summed E-state index contributed by atoms with van der Waals surface area (Å²) < 4.78 is 25.5. The standard InChI is InChI=1S/C19H31ClN4O2S/c1-3-21-19(22-13-7-9-16-8-5-6-10-18(16)20)23-17-11-14-24(15-12-17)27(25,26)4-2/h5-6,8,10,17H,3-4,7,9,11-15H2,1-2H3,(H2,21,22,23). The monoisotopic (exact) mass is 414 g/mol. The molecule has 0 aromatic heterocycles. The number of nitrogens with one attached hydrogen (secondary N) is 2. The number of piperidine rings is 1. The van der Waals surface area contributed by atoms with Crippen molar-refractivity contribution in [3.05, 3.63) is 34.9 Å². The summed E-state index contributed by atoms with van der Waals surface area (Å²) in [6.45, 7) is 6.37. The lowest BCUT2D eigenvalue weighted by Crippen LogP contribution is -2.50. The van der Waals surface area contributed by atoms with Crippen LogP contribution in [-0.4, -0.2) is 56.7 Å². The first-order valence-electron chi connectivity index (χ1n) is 9.72. The summed E-state index contributed by atoms with van der Waals surface area (Å²) in [4.78, 5) is 4.66. The molecule has 152 valence electrons. The van der Waals surface area contributed by atoms with Crippen LogP contribution in [0.25, 0.3) is 0 Å². The van der Waals surface area contributed by atoms with Gasteiger partial charge in [-0.15, -0.1) is 0 Å². The second-order valence-electron chi connectivity index (χ2n) is 6.67. The Morgan fingerprint density at radius 2 is 1.96 bits per heavy atom. The Labute approximate surface area is 168 Å². The largest absolute Gasteiger partial charge is 0.357 e. The molecule has 1 aromatic carbocycles. The topological polar surface area (TPSA) is 73.8 Å². The Morgan fingerprint density at radius 1 is 1.26 bits per heavy atom. The number of aliphatic imine (C=N–C) groups is 1. The van der Waals surface area contributed by atoms with Crippen LogP contribution in [-0.2, 0) is 16.4 Å². The van der Waals surface area contributed by atoms with Crippen molar-refractivity contribution in [3.63, 3.8) is 0 Å². The molecule has 1 aromatic rings. The van der Waals surface area contributed by atoms with Gasteiger partial charge in [-0.25, -0.2) is 12.7 Å². The van der Waals surface area contributed by atoms with Crippen molar-refractivity contribution in [1.82, 2.24) is 14.9 Å². The molecule has 1 fully saturated rings. The maximum atomic E-state index is 12.0. The first kappa shape index (κ1) is 22.0. The molecule has 2 N–H and O–H groups in total. The second-order valence-corrected chi connectivity index (χ2v) is 9.34. The average molecular weight is 415 g/mol. The molecule has 6 nitrogen and oxygen atoms in total. The second kappa shape index (κ2) is 10.9. The van der Waals surface area contributed by atoms with Gasteiger partial charge in [-0.05, 0) is 51.2 Å². The summed E-state index contributed by atoms with van der Waals surface area (Å²) in [6.07, 6.45) is 3.41. The van der Waals surface area contributed by atoms with Gasteiger partial charge in [0.1, 0.15) is 0 Å². The van der Waals surface area contributed by atoms with Crippen LogP contribution in [0, 0.1) is 0 Å². The van der Waals surface area contributed by atoms with Gasteiger partial charge in [0, 0.05) is 37.2 Å². The molecular weight excluding hydrogens is 384 g/mol. The van der Waals surface area contributed by atoms with Gasteiger partial charge in [0.2, 0.25) is 10.0 Å². The van der Waals surface area contributed by atoms with Gasteiger partial charge in [0.25, 0.3) is 0 Å². The number of sulfonamides is 1. The zero-order valence-corrected chi connectivity index (χ0v) is 17.8. The van der Waals surface area contributed by atoms with Crippen LogP contribution in [0.4, 0.5) is 0 Å². The molecule has 0 spiro atoms. The molecule has 27 heavy (non-hydrogen) atoms. The number of hydrogen-bond acceptors (Lipinski definition) is 3. The fourth-order valence-corrected chi connectivity index (χ4v) is 4.50. The summed E-state index contributed by atoms with van der Waals surface area (Å²) in [5.74, 6) is 0.967. The van der Waals surface area contributed by atoms with Crippen molar-refractivity contribution in [2.75, 3.05) is 31.9 Å². The Bertz CT molecular complexity index is 716. The van der Waals surface area contributed by atoms with Gasteiger partial charge in [0.15, 0.2) is 5.96 Å². The van der Waals surface area contributed by atoms with Crippen LogP contribution in [0.15, 0.2) is 29.3 Å². The molecule has 1 heterocycles. The maximum absolute atomic E-state index is 12.0. The normalized spacial score (nSPS) is 17.1. The van der Waals surface area contributed by atoms with Crippen molar-refractivity contribution in [2.24, 2.45) is 4.99 Å². The lowest BCUT2D eigenvalue weighted by molar-refractivity contribution is 0.306. The fourth-order valence-electron chi connectivity index (χ4n) is 3.14. The number of halogens is 1. The smallest absolute Gasteiger partial charge is 0.213 e. The maximum Gasteiger partial charge on any atom is 0.213 e. The zero-order chi connectivity index (χ0) is 19.7. The molecule has 1 saturated heterocycles. The predicted octanol–water partition coefficient (Wildman–Crippen LogP) is 2.64. The molecule has 2 rings (SSSR count). The summed E-state index contributed by atoms with van der Waals surface area (Å²) in [5.41, 5.74) is 1.15. The van der Waals surface area contributed by atoms with Gasteiger partial charge < -0.3 is 10.6 Å². The minimum Gasteiger partial charge on any atom is -0.357 e. The zero-order valence-electron chi connectivity index (χ0n) is 16.2. The van der Waals surface area contributed by atoms with E-state index in [9.17, 15) is 8.42 Å². The van der Waals surface area contributed by atoms with Crippen LogP contribution < -0.4 is 10.6 Å². The van der Waals surface area contributed by atoms with Crippen LogP contribution in [0.3, 0.4) is 0 Å². The minimum absolute atomic E-state index is 0.167. The first-order valence-corrected chi connectivity index (χ1v) is 11.7. The molecule has 0 saturated carbocycles. The minimum atomic E-state index is -3.08.